The molecule has 0 spiro atoms. The number of aromatic nitrogens is 4. The molecule has 13 nitrogen and oxygen atoms in total. The number of imidazole rings is 1. The fourth-order valence-electron chi connectivity index (χ4n) is 6.89. The fourth-order valence-corrected chi connectivity index (χ4v) is 6.89. The van der Waals surface area contributed by atoms with E-state index in [9.17, 15) is 15.0 Å². The number of fused-ring (bicyclic) bond motifs is 1. The lowest BCUT2D eigenvalue weighted by Crippen LogP contribution is -2.42. The van der Waals surface area contributed by atoms with Crippen LogP contribution in [0.3, 0.4) is 0 Å². The number of carbonyl (C=O) groups is 1. The van der Waals surface area contributed by atoms with Gasteiger partial charge < -0.3 is 40.9 Å². The van der Waals surface area contributed by atoms with Crippen LogP contribution in [0, 0.1) is 0 Å². The molecule has 246 valence electrons. The summed E-state index contributed by atoms with van der Waals surface area (Å²) in [5.41, 5.74) is 3.50. The van der Waals surface area contributed by atoms with Crippen molar-refractivity contribution < 1.29 is 15.0 Å². The first-order valence-corrected chi connectivity index (χ1v) is 16.5. The van der Waals surface area contributed by atoms with Crippen LogP contribution in [0.4, 0.5) is 11.8 Å². The Bertz CT molecular complexity index is 1680. The van der Waals surface area contributed by atoms with E-state index >= 15 is 0 Å². The average Bonchev–Trinajstić information content (AvgIpc) is 3.92. The minimum atomic E-state index is -1.11. The van der Waals surface area contributed by atoms with Crippen molar-refractivity contribution in [3.8, 4) is 0 Å². The maximum atomic E-state index is 12.2. The van der Waals surface area contributed by atoms with E-state index < -0.39 is 24.3 Å². The van der Waals surface area contributed by atoms with Crippen molar-refractivity contribution in [2.24, 2.45) is 4.99 Å². The number of guanidine groups is 1. The predicted molar refractivity (Wildman–Crippen MR) is 180 cm³/mol. The van der Waals surface area contributed by atoms with Crippen LogP contribution in [0.25, 0.3) is 11.2 Å². The Morgan fingerprint density at radius 2 is 1.79 bits per heavy atom. The summed E-state index contributed by atoms with van der Waals surface area (Å²) in [5.74, 6) is 1.88. The van der Waals surface area contributed by atoms with E-state index in [1.165, 1.54) is 11.1 Å². The van der Waals surface area contributed by atoms with E-state index in [1.807, 2.05) is 16.7 Å². The van der Waals surface area contributed by atoms with E-state index in [0.717, 1.165) is 32.0 Å². The molecule has 47 heavy (non-hydrogen) atoms. The van der Waals surface area contributed by atoms with E-state index in [4.69, 9.17) is 15.0 Å². The number of anilines is 2. The van der Waals surface area contributed by atoms with Crippen molar-refractivity contribution in [1.82, 2.24) is 35.5 Å². The quantitative estimate of drug-likeness (QED) is 0.151. The molecule has 2 aromatic carbocycles. The van der Waals surface area contributed by atoms with Crippen molar-refractivity contribution >= 4 is 34.8 Å². The molecule has 1 unspecified atom stereocenters. The van der Waals surface area contributed by atoms with Crippen LogP contribution < -0.4 is 26.2 Å². The summed E-state index contributed by atoms with van der Waals surface area (Å²) in [4.78, 5) is 33.6. The molecule has 6 N–H and O–H groups in total. The average molecular weight is 639 g/mol. The van der Waals surface area contributed by atoms with Gasteiger partial charge in [-0.2, -0.15) is 9.97 Å². The van der Waals surface area contributed by atoms with Crippen LogP contribution in [-0.4, -0.2) is 98.6 Å². The van der Waals surface area contributed by atoms with Gasteiger partial charge in [-0.1, -0.05) is 67.6 Å². The van der Waals surface area contributed by atoms with Gasteiger partial charge in [0.2, 0.25) is 11.9 Å². The zero-order valence-corrected chi connectivity index (χ0v) is 26.5. The molecule has 3 aliphatic rings. The van der Waals surface area contributed by atoms with Crippen molar-refractivity contribution in [3.05, 3.63) is 78.1 Å². The number of nitrogens with one attached hydrogen (secondary N) is 4. The van der Waals surface area contributed by atoms with Crippen molar-refractivity contribution in [2.75, 3.05) is 42.9 Å². The van der Waals surface area contributed by atoms with Gasteiger partial charge in [-0.15, -0.1) is 0 Å². The van der Waals surface area contributed by atoms with Crippen LogP contribution in [0.2, 0.25) is 0 Å². The molecule has 2 aliphatic heterocycles. The Balaban J connectivity index is 1.22. The summed E-state index contributed by atoms with van der Waals surface area (Å²) in [7, 11) is 0. The van der Waals surface area contributed by atoms with Crippen LogP contribution in [0.15, 0.2) is 72.0 Å². The van der Waals surface area contributed by atoms with Gasteiger partial charge in [-0.3, -0.25) is 9.79 Å². The highest BCUT2D eigenvalue weighted by Crippen LogP contribution is 2.35. The van der Waals surface area contributed by atoms with Crippen LogP contribution in [0.5, 0.6) is 0 Å². The first kappa shape index (κ1) is 30.9. The van der Waals surface area contributed by atoms with Gasteiger partial charge in [0.1, 0.15) is 12.2 Å². The van der Waals surface area contributed by atoms with Crippen LogP contribution in [0.1, 0.15) is 49.3 Å². The second-order valence-electron chi connectivity index (χ2n) is 12.5. The molecule has 4 heterocycles. The van der Waals surface area contributed by atoms with Crippen molar-refractivity contribution in [1.29, 1.82) is 0 Å². The Labute approximate surface area is 273 Å². The highest BCUT2D eigenvalue weighted by Gasteiger charge is 2.44. The van der Waals surface area contributed by atoms with Gasteiger partial charge >= 0.3 is 0 Å². The lowest BCUT2D eigenvalue weighted by Gasteiger charge is -2.22. The number of aliphatic imine (C=N–C) groups is 1. The zero-order chi connectivity index (χ0) is 32.3. The molecule has 4 aromatic rings. The molecule has 2 aromatic heterocycles. The summed E-state index contributed by atoms with van der Waals surface area (Å²) in [6.07, 6.45) is 0.984. The van der Waals surface area contributed by atoms with Crippen LogP contribution >= 0.6 is 0 Å². The monoisotopic (exact) mass is 638 g/mol. The molecular weight excluding hydrogens is 596 g/mol. The summed E-state index contributed by atoms with van der Waals surface area (Å²) >= 11 is 0. The highest BCUT2D eigenvalue weighted by molar-refractivity contribution is 5.85. The second-order valence-corrected chi connectivity index (χ2v) is 12.5. The Kier molecular flexibility index (Phi) is 8.90. The fraction of sp³-hybridized carbons (Fsp3) is 0.441. The number of benzene rings is 2. The second kappa shape index (κ2) is 13.5. The third-order valence-corrected chi connectivity index (χ3v) is 9.45. The number of carbonyl (C=O) groups excluding carboxylic acids is 1. The molecular formula is C34H42N10O3. The normalized spacial score (nSPS) is 24.0. The molecule has 0 radical (unpaired) electrons. The lowest BCUT2D eigenvalue weighted by molar-refractivity contribution is -0.122. The highest BCUT2D eigenvalue weighted by atomic mass is 16.3. The van der Waals surface area contributed by atoms with E-state index in [0.29, 0.717) is 48.9 Å². The molecule has 2 fully saturated rings. The maximum Gasteiger partial charge on any atom is 0.229 e. The topological polar surface area (TPSA) is 165 Å². The molecule has 13 heteroatoms. The molecule has 1 aliphatic carbocycles. The first-order chi connectivity index (χ1) is 23.0. The molecule has 1 amide bonds. The van der Waals surface area contributed by atoms with Gasteiger partial charge in [0.15, 0.2) is 22.9 Å². The number of amides is 1. The maximum absolute atomic E-state index is 12.2. The van der Waals surface area contributed by atoms with E-state index in [2.05, 4.69) is 79.7 Å². The third kappa shape index (κ3) is 6.45. The minimum absolute atomic E-state index is 0.0581. The standard InChI is InChI=1S/C34H42N10O3/c1-2-27(45)40-25-17-26(30(47)29(25)46)44-20-38-28-31(37-18-24(21-9-5-3-6-10-21)22-11-7-4-8-12-22)41-34(42-32(28)44)43-16-13-23(19-43)39-33-35-14-15-36-33/h3-12,20,23-26,29-30,46-47H,2,13-19H2,1H3,(H,40,45)(H2,35,36,39)(H,37,41,42)/t23?,25-,26+,29+,30-/m0/s1. The van der Waals surface area contributed by atoms with Crippen LogP contribution in [-0.2, 0) is 4.79 Å². The molecule has 1 saturated heterocycles. The van der Waals surface area contributed by atoms with Gasteiger partial charge in [0, 0.05) is 44.6 Å². The summed E-state index contributed by atoms with van der Waals surface area (Å²) in [6, 6.07) is 19.9. The van der Waals surface area contributed by atoms with Gasteiger partial charge in [0.05, 0.1) is 25.0 Å². The molecule has 7 rings (SSSR count). The zero-order valence-electron chi connectivity index (χ0n) is 26.5. The predicted octanol–water partition coefficient (Wildman–Crippen LogP) is 1.76. The summed E-state index contributed by atoms with van der Waals surface area (Å²) < 4.78 is 1.83. The smallest absolute Gasteiger partial charge is 0.229 e. The largest absolute Gasteiger partial charge is 0.388 e. The van der Waals surface area contributed by atoms with Crippen molar-refractivity contribution in [2.45, 2.75) is 62.4 Å². The van der Waals surface area contributed by atoms with Gasteiger partial charge in [0.25, 0.3) is 0 Å². The Morgan fingerprint density at radius 1 is 1.04 bits per heavy atom. The van der Waals surface area contributed by atoms with Crippen molar-refractivity contribution in [3.63, 3.8) is 0 Å². The Hall–Kier alpha value is -4.75. The number of rotatable bonds is 10. The molecule has 0 bridgehead atoms. The summed E-state index contributed by atoms with van der Waals surface area (Å²) in [5, 5.41) is 35.3. The number of aliphatic hydroxyl groups excluding tert-OH is 2. The van der Waals surface area contributed by atoms with E-state index in [1.54, 1.807) is 13.3 Å². The molecule has 1 saturated carbocycles. The number of nitrogens with zero attached hydrogens (tertiary/aromatic N) is 6. The third-order valence-electron chi connectivity index (χ3n) is 9.45. The summed E-state index contributed by atoms with van der Waals surface area (Å²) in [6.45, 7) is 5.41. The number of aliphatic hydroxyl groups is 2. The van der Waals surface area contributed by atoms with Gasteiger partial charge in [-0.05, 0) is 24.0 Å². The number of hydrogen-bond acceptors (Lipinski definition) is 11. The van der Waals surface area contributed by atoms with Gasteiger partial charge in [-0.25, -0.2) is 4.98 Å². The SMILES string of the molecule is CCC(=O)N[C@H]1C[C@@H](n2cnc3c(NCC(c4ccccc4)c4ccccc4)nc(N4CCC(NC5=NCCN5)C4)nc32)[C@H](O)[C@@H]1O. The molecule has 5 atom stereocenters. The number of hydrogen-bond donors (Lipinski definition) is 6. The first-order valence-electron chi connectivity index (χ1n) is 16.5. The minimum Gasteiger partial charge on any atom is -0.388 e. The lowest BCUT2D eigenvalue weighted by atomic mass is 9.91. The Morgan fingerprint density at radius 3 is 2.47 bits per heavy atom. The van der Waals surface area contributed by atoms with E-state index in [-0.39, 0.29) is 17.9 Å².